The Labute approximate surface area is 131 Å². The summed E-state index contributed by atoms with van der Waals surface area (Å²) in [7, 11) is -1.72. The molecule has 1 rings (SSSR count). The van der Waals surface area contributed by atoms with Gasteiger partial charge in [0.15, 0.2) is 8.32 Å². The molecule has 3 heteroatoms. The molecule has 0 amide bonds. The second-order valence-corrected chi connectivity index (χ2v) is 11.9. The van der Waals surface area contributed by atoms with Gasteiger partial charge in [-0.25, -0.2) is 0 Å². The molecular weight excluding hydrogens is 276 g/mol. The van der Waals surface area contributed by atoms with Crippen LogP contribution in [0.2, 0.25) is 18.1 Å². The van der Waals surface area contributed by atoms with Gasteiger partial charge in [0.05, 0.1) is 12.2 Å². The highest BCUT2D eigenvalue weighted by atomic mass is 28.4. The fourth-order valence-electron chi connectivity index (χ4n) is 1.89. The van der Waals surface area contributed by atoms with Gasteiger partial charge in [0, 0.05) is 0 Å². The first-order valence-corrected chi connectivity index (χ1v) is 10.6. The van der Waals surface area contributed by atoms with E-state index in [1.807, 2.05) is 36.4 Å². The van der Waals surface area contributed by atoms with E-state index in [1.54, 1.807) is 0 Å². The maximum atomic E-state index is 10.1. The van der Waals surface area contributed by atoms with Crippen molar-refractivity contribution in [1.29, 1.82) is 0 Å². The van der Waals surface area contributed by atoms with Gasteiger partial charge in [0.2, 0.25) is 0 Å². The molecule has 0 radical (unpaired) electrons. The fourth-order valence-corrected chi connectivity index (χ4v) is 3.25. The van der Waals surface area contributed by atoms with Gasteiger partial charge in [-0.1, -0.05) is 63.3 Å². The largest absolute Gasteiger partial charge is 0.411 e. The van der Waals surface area contributed by atoms with Crippen LogP contribution < -0.4 is 0 Å². The molecule has 0 aliphatic rings. The van der Waals surface area contributed by atoms with Crippen molar-refractivity contribution in [3.8, 4) is 0 Å². The Hall–Kier alpha value is -0.903. The molecule has 1 aromatic carbocycles. The molecule has 1 N–H and O–H groups in total. The van der Waals surface area contributed by atoms with E-state index in [1.165, 1.54) is 0 Å². The zero-order chi connectivity index (χ0) is 16.1. The quantitative estimate of drug-likeness (QED) is 0.587. The summed E-state index contributed by atoms with van der Waals surface area (Å²) in [5.74, 6) is 0. The predicted octanol–water partition coefficient (Wildman–Crippen LogP) is 5.08. The lowest BCUT2D eigenvalue weighted by Crippen LogP contribution is -2.42. The lowest BCUT2D eigenvalue weighted by molar-refractivity contribution is 0.180. The second-order valence-electron chi connectivity index (χ2n) is 7.17. The van der Waals surface area contributed by atoms with Crippen molar-refractivity contribution in [3.05, 3.63) is 48.0 Å². The van der Waals surface area contributed by atoms with Crippen LogP contribution in [-0.2, 0) is 4.43 Å². The lowest BCUT2D eigenvalue weighted by atomic mass is 10.1. The molecule has 0 bridgehead atoms. The summed E-state index contributed by atoms with van der Waals surface area (Å²) >= 11 is 0. The standard InChI is InChI=1S/C18H30O2Si/c1-15(20-21(5,6)18(2,3)4)11-10-14-17(19)16-12-8-7-9-13-16/h7-13,15,17,19H,14H2,1-6H3/b11-10+/t15-,17+/m0/s1. The van der Waals surface area contributed by atoms with E-state index in [0.717, 1.165) is 5.56 Å². The molecule has 1 aromatic rings. The van der Waals surface area contributed by atoms with Gasteiger partial charge in [-0.2, -0.15) is 0 Å². The number of aliphatic hydroxyl groups is 1. The normalized spacial score (nSPS) is 16.1. The third-order valence-electron chi connectivity index (χ3n) is 4.24. The van der Waals surface area contributed by atoms with Crippen LogP contribution in [0.4, 0.5) is 0 Å². The monoisotopic (exact) mass is 306 g/mol. The molecule has 0 heterocycles. The summed E-state index contributed by atoms with van der Waals surface area (Å²) in [6.07, 6.45) is 4.36. The van der Waals surface area contributed by atoms with E-state index < -0.39 is 14.4 Å². The third kappa shape index (κ3) is 5.77. The van der Waals surface area contributed by atoms with Crippen LogP contribution in [0.3, 0.4) is 0 Å². The van der Waals surface area contributed by atoms with Crippen LogP contribution in [-0.4, -0.2) is 19.5 Å². The highest BCUT2D eigenvalue weighted by Crippen LogP contribution is 2.37. The van der Waals surface area contributed by atoms with Crippen LogP contribution in [0.5, 0.6) is 0 Å². The van der Waals surface area contributed by atoms with Crippen molar-refractivity contribution < 1.29 is 9.53 Å². The third-order valence-corrected chi connectivity index (χ3v) is 8.81. The van der Waals surface area contributed by atoms with Crippen molar-refractivity contribution >= 4 is 8.32 Å². The highest BCUT2D eigenvalue weighted by molar-refractivity contribution is 6.74. The highest BCUT2D eigenvalue weighted by Gasteiger charge is 2.37. The van der Waals surface area contributed by atoms with Crippen molar-refractivity contribution in [2.45, 2.75) is 64.5 Å². The number of benzene rings is 1. The molecule has 0 aromatic heterocycles. The first-order valence-electron chi connectivity index (χ1n) is 7.71. The number of hydrogen-bond acceptors (Lipinski definition) is 2. The van der Waals surface area contributed by atoms with Gasteiger partial charge >= 0.3 is 0 Å². The number of rotatable bonds is 6. The van der Waals surface area contributed by atoms with E-state index in [0.29, 0.717) is 6.42 Å². The average molecular weight is 307 g/mol. The van der Waals surface area contributed by atoms with Crippen LogP contribution in [0.15, 0.2) is 42.5 Å². The Kier molecular flexibility index (Phi) is 6.38. The minimum atomic E-state index is -1.72. The molecule has 2 atom stereocenters. The molecule has 21 heavy (non-hydrogen) atoms. The van der Waals surface area contributed by atoms with Gasteiger partial charge < -0.3 is 9.53 Å². The molecule has 2 nitrogen and oxygen atoms in total. The first kappa shape index (κ1) is 18.1. The van der Waals surface area contributed by atoms with Crippen LogP contribution in [0.25, 0.3) is 0 Å². The van der Waals surface area contributed by atoms with Crippen LogP contribution in [0.1, 0.15) is 45.8 Å². The van der Waals surface area contributed by atoms with E-state index in [-0.39, 0.29) is 11.1 Å². The summed E-state index contributed by atoms with van der Waals surface area (Å²) in [6, 6.07) is 9.76. The topological polar surface area (TPSA) is 29.5 Å². The summed E-state index contributed by atoms with van der Waals surface area (Å²) in [6.45, 7) is 13.3. The summed E-state index contributed by atoms with van der Waals surface area (Å²) < 4.78 is 6.26. The van der Waals surface area contributed by atoms with E-state index >= 15 is 0 Å². The smallest absolute Gasteiger partial charge is 0.192 e. The molecular formula is C18H30O2Si. The molecule has 0 saturated heterocycles. The lowest BCUT2D eigenvalue weighted by Gasteiger charge is -2.37. The molecule has 0 saturated carbocycles. The van der Waals surface area contributed by atoms with E-state index in [4.69, 9.17) is 4.43 Å². The number of hydrogen-bond donors (Lipinski definition) is 1. The molecule has 0 spiro atoms. The SMILES string of the molecule is C[C@@H](/C=C/C[C@@H](O)c1ccccc1)O[Si](C)(C)C(C)(C)C. The Morgan fingerprint density at radius 3 is 2.29 bits per heavy atom. The molecule has 0 unspecified atom stereocenters. The molecule has 0 fully saturated rings. The average Bonchev–Trinajstić information content (AvgIpc) is 2.37. The Morgan fingerprint density at radius 2 is 1.76 bits per heavy atom. The van der Waals surface area contributed by atoms with Crippen molar-refractivity contribution in [2.24, 2.45) is 0 Å². The van der Waals surface area contributed by atoms with Gasteiger partial charge in [-0.3, -0.25) is 0 Å². The van der Waals surface area contributed by atoms with Gasteiger partial charge in [0.25, 0.3) is 0 Å². The Morgan fingerprint density at radius 1 is 1.19 bits per heavy atom. The minimum absolute atomic E-state index is 0.0915. The molecule has 0 aliphatic carbocycles. The molecule has 118 valence electrons. The summed E-state index contributed by atoms with van der Waals surface area (Å²) in [5.41, 5.74) is 0.958. The van der Waals surface area contributed by atoms with Gasteiger partial charge in [0.1, 0.15) is 0 Å². The first-order chi connectivity index (χ1) is 9.63. The zero-order valence-electron chi connectivity index (χ0n) is 14.3. The molecule has 0 aliphatic heterocycles. The Bertz CT molecular complexity index is 446. The van der Waals surface area contributed by atoms with E-state index in [9.17, 15) is 5.11 Å². The van der Waals surface area contributed by atoms with E-state index in [2.05, 4.69) is 46.9 Å². The van der Waals surface area contributed by atoms with Crippen molar-refractivity contribution in [1.82, 2.24) is 0 Å². The van der Waals surface area contributed by atoms with Gasteiger partial charge in [-0.05, 0) is 37.0 Å². The maximum absolute atomic E-state index is 10.1. The fraction of sp³-hybridized carbons (Fsp3) is 0.556. The van der Waals surface area contributed by atoms with Gasteiger partial charge in [-0.15, -0.1) is 0 Å². The summed E-state index contributed by atoms with van der Waals surface area (Å²) in [4.78, 5) is 0. The van der Waals surface area contributed by atoms with Crippen LogP contribution >= 0.6 is 0 Å². The Balaban J connectivity index is 2.50. The minimum Gasteiger partial charge on any atom is -0.411 e. The predicted molar refractivity (Wildman–Crippen MR) is 92.9 cm³/mol. The number of aliphatic hydroxyl groups excluding tert-OH is 1. The maximum Gasteiger partial charge on any atom is 0.192 e. The van der Waals surface area contributed by atoms with Crippen molar-refractivity contribution in [3.63, 3.8) is 0 Å². The zero-order valence-corrected chi connectivity index (χ0v) is 15.3. The second kappa shape index (κ2) is 7.39. The van der Waals surface area contributed by atoms with Crippen molar-refractivity contribution in [2.75, 3.05) is 0 Å². The van der Waals surface area contributed by atoms with Crippen LogP contribution in [0, 0.1) is 0 Å². The summed E-state index contributed by atoms with van der Waals surface area (Å²) in [5, 5.41) is 10.3.